The predicted molar refractivity (Wildman–Crippen MR) is 63.3 cm³/mol. The number of hydrogen-bond acceptors (Lipinski definition) is 2. The molecule has 1 fully saturated rings. The molecule has 0 unspecified atom stereocenters. The topological polar surface area (TPSA) is 40.6 Å². The highest BCUT2D eigenvalue weighted by molar-refractivity contribution is 5.94. The molecule has 1 aromatic rings. The fourth-order valence-corrected chi connectivity index (χ4v) is 2.75. The van der Waals surface area contributed by atoms with E-state index >= 15 is 0 Å². The van der Waals surface area contributed by atoms with Gasteiger partial charge in [0.25, 0.3) is 0 Å². The minimum atomic E-state index is -0.0180. The van der Waals surface area contributed by atoms with E-state index in [9.17, 15) is 9.59 Å². The van der Waals surface area contributed by atoms with Crippen LogP contribution < -0.4 is 4.90 Å². The molecular weight excluding hydrogens is 216 g/mol. The fourth-order valence-electron chi connectivity index (χ4n) is 2.75. The zero-order chi connectivity index (χ0) is 12.0. The van der Waals surface area contributed by atoms with Crippen molar-refractivity contribution in [3.63, 3.8) is 0 Å². The van der Waals surface area contributed by atoms with Gasteiger partial charge in [-0.15, -0.1) is 0 Å². The van der Waals surface area contributed by atoms with Gasteiger partial charge in [-0.2, -0.15) is 0 Å². The van der Waals surface area contributed by atoms with Crippen molar-refractivity contribution in [1.82, 2.24) is 4.90 Å². The summed E-state index contributed by atoms with van der Waals surface area (Å²) in [4.78, 5) is 26.9. The molecule has 4 nitrogen and oxygen atoms in total. The van der Waals surface area contributed by atoms with Crippen molar-refractivity contribution >= 4 is 17.5 Å². The van der Waals surface area contributed by atoms with Crippen LogP contribution in [0.25, 0.3) is 0 Å². The van der Waals surface area contributed by atoms with Crippen LogP contribution in [0.5, 0.6) is 0 Å². The van der Waals surface area contributed by atoms with E-state index < -0.39 is 0 Å². The monoisotopic (exact) mass is 230 g/mol. The number of nitrogens with zero attached hydrogens (tertiary/aromatic N) is 2. The van der Waals surface area contributed by atoms with Crippen molar-refractivity contribution in [2.75, 3.05) is 11.6 Å². The van der Waals surface area contributed by atoms with Crippen molar-refractivity contribution in [2.24, 2.45) is 0 Å². The van der Waals surface area contributed by atoms with Gasteiger partial charge in [0.2, 0.25) is 11.8 Å². The van der Waals surface area contributed by atoms with Crippen LogP contribution in [-0.4, -0.2) is 23.4 Å². The SMILES string of the molecule is CC(=O)N1CN2C(=O)CC[C@@H]2c2ccccc21. The van der Waals surface area contributed by atoms with E-state index in [-0.39, 0.29) is 17.9 Å². The summed E-state index contributed by atoms with van der Waals surface area (Å²) in [6.07, 6.45) is 1.45. The van der Waals surface area contributed by atoms with Crippen LogP contribution in [0.15, 0.2) is 24.3 Å². The Hall–Kier alpha value is -1.84. The Morgan fingerprint density at radius 3 is 2.88 bits per heavy atom. The van der Waals surface area contributed by atoms with Crippen molar-refractivity contribution in [2.45, 2.75) is 25.8 Å². The summed E-state index contributed by atoms with van der Waals surface area (Å²) in [6, 6.07) is 8.02. The highest BCUT2D eigenvalue weighted by Crippen LogP contribution is 2.41. The average molecular weight is 230 g/mol. The highest BCUT2D eigenvalue weighted by atomic mass is 16.2. The third-order valence-electron chi connectivity index (χ3n) is 3.59. The van der Waals surface area contributed by atoms with Gasteiger partial charge in [0.05, 0.1) is 11.7 Å². The first-order valence-electron chi connectivity index (χ1n) is 5.85. The van der Waals surface area contributed by atoms with Crippen LogP contribution in [-0.2, 0) is 9.59 Å². The minimum Gasteiger partial charge on any atom is -0.317 e. The largest absolute Gasteiger partial charge is 0.317 e. The molecule has 0 radical (unpaired) electrons. The van der Waals surface area contributed by atoms with E-state index in [1.165, 1.54) is 6.92 Å². The lowest BCUT2D eigenvalue weighted by Gasteiger charge is -2.38. The maximum absolute atomic E-state index is 11.8. The van der Waals surface area contributed by atoms with Gasteiger partial charge in [-0.1, -0.05) is 18.2 Å². The smallest absolute Gasteiger partial charge is 0.225 e. The van der Waals surface area contributed by atoms with Crippen LogP contribution in [0.4, 0.5) is 5.69 Å². The quantitative estimate of drug-likeness (QED) is 0.680. The number of fused-ring (bicyclic) bond motifs is 3. The van der Waals surface area contributed by atoms with Gasteiger partial charge < -0.3 is 4.90 Å². The molecule has 2 heterocycles. The third kappa shape index (κ3) is 1.44. The number of hydrogen-bond donors (Lipinski definition) is 0. The standard InChI is InChI=1S/C13H14N2O2/c1-9(16)14-8-15-12(6-7-13(15)17)10-4-2-3-5-11(10)14/h2-5,12H,6-8H2,1H3/t12-/m1/s1. The Labute approximate surface area is 99.8 Å². The van der Waals surface area contributed by atoms with Gasteiger partial charge >= 0.3 is 0 Å². The molecule has 1 atom stereocenters. The number of amides is 2. The molecule has 2 aliphatic rings. The zero-order valence-corrected chi connectivity index (χ0v) is 9.72. The molecule has 0 bridgehead atoms. The predicted octanol–water partition coefficient (Wildman–Crippen LogP) is 1.67. The molecule has 0 saturated carbocycles. The molecule has 4 heteroatoms. The molecule has 3 rings (SSSR count). The van der Waals surface area contributed by atoms with Crippen LogP contribution in [0.2, 0.25) is 0 Å². The lowest BCUT2D eigenvalue weighted by molar-refractivity contribution is -0.129. The molecular formula is C13H14N2O2. The second kappa shape index (κ2) is 3.58. The van der Waals surface area contributed by atoms with Gasteiger partial charge in [-0.3, -0.25) is 14.5 Å². The summed E-state index contributed by atoms with van der Waals surface area (Å²) in [6.45, 7) is 1.94. The zero-order valence-electron chi connectivity index (χ0n) is 9.72. The molecule has 88 valence electrons. The fraction of sp³-hybridized carbons (Fsp3) is 0.385. The maximum Gasteiger partial charge on any atom is 0.225 e. The van der Waals surface area contributed by atoms with Crippen molar-refractivity contribution in [3.05, 3.63) is 29.8 Å². The Morgan fingerprint density at radius 2 is 2.12 bits per heavy atom. The van der Waals surface area contributed by atoms with Gasteiger partial charge in [0.1, 0.15) is 6.67 Å². The first-order valence-corrected chi connectivity index (χ1v) is 5.85. The van der Waals surface area contributed by atoms with E-state index in [1.54, 1.807) is 4.90 Å². The summed E-state index contributed by atoms with van der Waals surface area (Å²) in [5.74, 6) is 0.131. The molecule has 17 heavy (non-hydrogen) atoms. The molecule has 2 amide bonds. The van der Waals surface area contributed by atoms with Gasteiger partial charge in [-0.25, -0.2) is 0 Å². The second-order valence-corrected chi connectivity index (χ2v) is 4.57. The van der Waals surface area contributed by atoms with Gasteiger partial charge in [0, 0.05) is 13.3 Å². The normalized spacial score (nSPS) is 22.4. The lowest BCUT2D eigenvalue weighted by Crippen LogP contribution is -2.46. The summed E-state index contributed by atoms with van der Waals surface area (Å²) < 4.78 is 0. The summed E-state index contributed by atoms with van der Waals surface area (Å²) in [7, 11) is 0. The number of carbonyl (C=O) groups is 2. The number of anilines is 1. The number of para-hydroxylation sites is 1. The van der Waals surface area contributed by atoms with Crippen LogP contribution in [0, 0.1) is 0 Å². The van der Waals surface area contributed by atoms with Crippen LogP contribution >= 0.6 is 0 Å². The number of carbonyl (C=O) groups excluding carboxylic acids is 2. The molecule has 1 aromatic carbocycles. The lowest BCUT2D eigenvalue weighted by atomic mass is 10.00. The molecule has 0 spiro atoms. The first kappa shape index (κ1) is 10.3. The van der Waals surface area contributed by atoms with E-state index in [2.05, 4.69) is 0 Å². The van der Waals surface area contributed by atoms with E-state index in [4.69, 9.17) is 0 Å². The maximum atomic E-state index is 11.8. The summed E-state index contributed by atoms with van der Waals surface area (Å²) in [5.41, 5.74) is 2.05. The summed E-state index contributed by atoms with van der Waals surface area (Å²) >= 11 is 0. The highest BCUT2D eigenvalue weighted by Gasteiger charge is 2.39. The third-order valence-corrected chi connectivity index (χ3v) is 3.59. The second-order valence-electron chi connectivity index (χ2n) is 4.57. The Kier molecular flexibility index (Phi) is 2.18. The Balaban J connectivity index is 2.11. The van der Waals surface area contributed by atoms with Crippen molar-refractivity contribution in [3.8, 4) is 0 Å². The van der Waals surface area contributed by atoms with E-state index in [0.29, 0.717) is 13.1 Å². The van der Waals surface area contributed by atoms with E-state index in [0.717, 1.165) is 17.7 Å². The first-order chi connectivity index (χ1) is 8.18. The van der Waals surface area contributed by atoms with Gasteiger partial charge in [-0.05, 0) is 18.1 Å². The number of benzene rings is 1. The molecule has 0 N–H and O–H groups in total. The van der Waals surface area contributed by atoms with Gasteiger partial charge in [0.15, 0.2) is 0 Å². The molecule has 2 aliphatic heterocycles. The average Bonchev–Trinajstić information content (AvgIpc) is 2.70. The molecule has 0 aromatic heterocycles. The minimum absolute atomic E-state index is 0.0180. The van der Waals surface area contributed by atoms with Crippen LogP contribution in [0.3, 0.4) is 0 Å². The Morgan fingerprint density at radius 1 is 1.35 bits per heavy atom. The summed E-state index contributed by atoms with van der Waals surface area (Å²) in [5, 5.41) is 0. The van der Waals surface area contributed by atoms with Crippen molar-refractivity contribution < 1.29 is 9.59 Å². The van der Waals surface area contributed by atoms with Crippen LogP contribution in [0.1, 0.15) is 31.4 Å². The molecule has 0 aliphatic carbocycles. The van der Waals surface area contributed by atoms with E-state index in [1.807, 2.05) is 29.2 Å². The molecule has 1 saturated heterocycles. The number of rotatable bonds is 0. The Bertz CT molecular complexity index is 498. The van der Waals surface area contributed by atoms with Crippen molar-refractivity contribution in [1.29, 1.82) is 0 Å².